The minimum atomic E-state index is -0.0439. The third-order valence-electron chi connectivity index (χ3n) is 4.10. The largest absolute Gasteiger partial charge is 0.396 e. The van der Waals surface area contributed by atoms with Gasteiger partial charge in [-0.05, 0) is 42.4 Å². The number of hydrogen-bond acceptors (Lipinski definition) is 3. The zero-order chi connectivity index (χ0) is 14.4. The van der Waals surface area contributed by atoms with Crippen LogP contribution in [-0.2, 0) is 11.3 Å². The van der Waals surface area contributed by atoms with Crippen molar-refractivity contribution in [2.24, 2.45) is 11.8 Å². The van der Waals surface area contributed by atoms with Gasteiger partial charge in [0, 0.05) is 25.8 Å². The summed E-state index contributed by atoms with van der Waals surface area (Å²) in [7, 11) is 1.65. The molecule has 0 saturated heterocycles. The molecule has 20 heavy (non-hydrogen) atoms. The zero-order valence-corrected chi connectivity index (χ0v) is 12.0. The summed E-state index contributed by atoms with van der Waals surface area (Å²) in [6.45, 7) is 1.44. The van der Waals surface area contributed by atoms with Crippen LogP contribution in [0.3, 0.4) is 0 Å². The van der Waals surface area contributed by atoms with E-state index in [1.165, 1.54) is 0 Å². The second-order valence-corrected chi connectivity index (χ2v) is 5.47. The lowest BCUT2D eigenvalue weighted by atomic mass is 9.97. The molecule has 0 heterocycles. The van der Waals surface area contributed by atoms with Gasteiger partial charge in [0.05, 0.1) is 6.61 Å². The first kappa shape index (κ1) is 15.0. The molecule has 0 bridgehead atoms. The second kappa shape index (κ2) is 7.41. The van der Waals surface area contributed by atoms with Crippen LogP contribution in [0.1, 0.15) is 35.2 Å². The number of hydrogen-bond donors (Lipinski definition) is 2. The van der Waals surface area contributed by atoms with Crippen LogP contribution < -0.4 is 5.32 Å². The minimum Gasteiger partial charge on any atom is -0.396 e. The van der Waals surface area contributed by atoms with Crippen molar-refractivity contribution in [3.8, 4) is 0 Å². The van der Waals surface area contributed by atoms with E-state index in [1.54, 1.807) is 7.11 Å². The maximum absolute atomic E-state index is 12.1. The lowest BCUT2D eigenvalue weighted by Crippen LogP contribution is -2.31. The summed E-state index contributed by atoms with van der Waals surface area (Å²) in [5.41, 5.74) is 1.73. The Balaban J connectivity index is 1.85. The van der Waals surface area contributed by atoms with E-state index in [9.17, 15) is 9.90 Å². The average molecular weight is 277 g/mol. The summed E-state index contributed by atoms with van der Waals surface area (Å²) < 4.78 is 5.04. The van der Waals surface area contributed by atoms with Crippen molar-refractivity contribution >= 4 is 5.91 Å². The molecule has 1 aliphatic carbocycles. The van der Waals surface area contributed by atoms with E-state index >= 15 is 0 Å². The van der Waals surface area contributed by atoms with Gasteiger partial charge in [-0.15, -0.1) is 0 Å². The normalized spacial score (nSPS) is 21.9. The SMILES string of the molecule is COCc1ccc(C(=O)NCC2CCCC2CO)cc1. The van der Waals surface area contributed by atoms with Crippen molar-refractivity contribution in [3.63, 3.8) is 0 Å². The Morgan fingerprint density at radius 2 is 2.00 bits per heavy atom. The van der Waals surface area contributed by atoms with Gasteiger partial charge in [-0.1, -0.05) is 18.6 Å². The highest BCUT2D eigenvalue weighted by Crippen LogP contribution is 2.30. The Morgan fingerprint density at radius 3 is 2.65 bits per heavy atom. The molecule has 4 nitrogen and oxygen atoms in total. The molecule has 0 spiro atoms. The molecule has 1 saturated carbocycles. The summed E-state index contributed by atoms with van der Waals surface area (Å²) in [6, 6.07) is 7.46. The lowest BCUT2D eigenvalue weighted by Gasteiger charge is -2.17. The van der Waals surface area contributed by atoms with Gasteiger partial charge in [-0.2, -0.15) is 0 Å². The van der Waals surface area contributed by atoms with Crippen molar-refractivity contribution < 1.29 is 14.6 Å². The number of rotatable bonds is 6. The Bertz CT molecular complexity index is 430. The van der Waals surface area contributed by atoms with Crippen molar-refractivity contribution in [1.29, 1.82) is 0 Å². The topological polar surface area (TPSA) is 58.6 Å². The van der Waals surface area contributed by atoms with Gasteiger partial charge >= 0.3 is 0 Å². The van der Waals surface area contributed by atoms with Crippen LogP contribution in [0.2, 0.25) is 0 Å². The molecule has 0 aliphatic heterocycles. The highest BCUT2D eigenvalue weighted by Gasteiger charge is 2.26. The Kier molecular flexibility index (Phi) is 5.56. The zero-order valence-electron chi connectivity index (χ0n) is 12.0. The van der Waals surface area contributed by atoms with E-state index < -0.39 is 0 Å². The number of aliphatic hydroxyl groups excluding tert-OH is 1. The monoisotopic (exact) mass is 277 g/mol. The molecular weight excluding hydrogens is 254 g/mol. The fourth-order valence-electron chi connectivity index (χ4n) is 2.87. The van der Waals surface area contributed by atoms with Crippen LogP contribution in [0.25, 0.3) is 0 Å². The minimum absolute atomic E-state index is 0.0439. The van der Waals surface area contributed by atoms with Gasteiger partial charge in [0.1, 0.15) is 0 Å². The van der Waals surface area contributed by atoms with Crippen LogP contribution in [0.4, 0.5) is 0 Å². The van der Waals surface area contributed by atoms with E-state index in [2.05, 4.69) is 5.32 Å². The first-order valence-electron chi connectivity index (χ1n) is 7.21. The number of carbonyl (C=O) groups excluding carboxylic acids is 1. The summed E-state index contributed by atoms with van der Waals surface area (Å²) in [4.78, 5) is 12.1. The number of methoxy groups -OCH3 is 1. The standard InChI is InChI=1S/C16H23NO3/c1-20-11-12-5-7-13(8-6-12)16(19)17-9-14-3-2-4-15(14)10-18/h5-8,14-15,18H,2-4,9-11H2,1H3,(H,17,19). The molecule has 2 unspecified atom stereocenters. The van der Waals surface area contributed by atoms with Crippen LogP contribution >= 0.6 is 0 Å². The number of carbonyl (C=O) groups is 1. The van der Waals surface area contributed by atoms with Gasteiger partial charge < -0.3 is 15.2 Å². The molecule has 2 N–H and O–H groups in total. The molecule has 1 aromatic carbocycles. The van der Waals surface area contributed by atoms with Crippen LogP contribution in [0.15, 0.2) is 24.3 Å². The van der Waals surface area contributed by atoms with E-state index in [-0.39, 0.29) is 12.5 Å². The summed E-state index contributed by atoms with van der Waals surface area (Å²) in [5, 5.41) is 12.3. The lowest BCUT2D eigenvalue weighted by molar-refractivity contribution is 0.0937. The molecule has 110 valence electrons. The van der Waals surface area contributed by atoms with Gasteiger partial charge in [0.2, 0.25) is 0 Å². The Hall–Kier alpha value is -1.39. The smallest absolute Gasteiger partial charge is 0.251 e. The Morgan fingerprint density at radius 1 is 1.30 bits per heavy atom. The van der Waals surface area contributed by atoms with Crippen LogP contribution in [0, 0.1) is 11.8 Å². The van der Waals surface area contributed by atoms with E-state index in [4.69, 9.17) is 4.74 Å². The van der Waals surface area contributed by atoms with Crippen LogP contribution in [0.5, 0.6) is 0 Å². The van der Waals surface area contributed by atoms with Gasteiger partial charge in [0.25, 0.3) is 5.91 Å². The molecule has 1 amide bonds. The molecule has 1 aliphatic rings. The predicted molar refractivity (Wildman–Crippen MR) is 77.4 cm³/mol. The third-order valence-corrected chi connectivity index (χ3v) is 4.10. The number of benzene rings is 1. The van der Waals surface area contributed by atoms with Gasteiger partial charge in [-0.3, -0.25) is 4.79 Å². The van der Waals surface area contributed by atoms with Gasteiger partial charge in [-0.25, -0.2) is 0 Å². The molecule has 2 atom stereocenters. The molecule has 4 heteroatoms. The highest BCUT2D eigenvalue weighted by atomic mass is 16.5. The maximum atomic E-state index is 12.1. The second-order valence-electron chi connectivity index (χ2n) is 5.47. The maximum Gasteiger partial charge on any atom is 0.251 e. The first-order chi connectivity index (χ1) is 9.74. The molecule has 0 aromatic heterocycles. The number of nitrogens with one attached hydrogen (secondary N) is 1. The fraction of sp³-hybridized carbons (Fsp3) is 0.562. The van der Waals surface area contributed by atoms with E-state index in [0.29, 0.717) is 30.6 Å². The summed E-state index contributed by atoms with van der Waals surface area (Å²) in [5.74, 6) is 0.716. The summed E-state index contributed by atoms with van der Waals surface area (Å²) >= 11 is 0. The molecule has 1 aromatic rings. The van der Waals surface area contributed by atoms with Crippen molar-refractivity contribution in [2.45, 2.75) is 25.9 Å². The number of ether oxygens (including phenoxy) is 1. The van der Waals surface area contributed by atoms with Crippen molar-refractivity contribution in [1.82, 2.24) is 5.32 Å². The fourth-order valence-corrected chi connectivity index (χ4v) is 2.87. The van der Waals surface area contributed by atoms with Crippen molar-refractivity contribution in [3.05, 3.63) is 35.4 Å². The average Bonchev–Trinajstić information content (AvgIpc) is 2.93. The van der Waals surface area contributed by atoms with Gasteiger partial charge in [0.15, 0.2) is 0 Å². The van der Waals surface area contributed by atoms with E-state index in [0.717, 1.165) is 24.8 Å². The van der Waals surface area contributed by atoms with E-state index in [1.807, 2.05) is 24.3 Å². The van der Waals surface area contributed by atoms with Crippen molar-refractivity contribution in [2.75, 3.05) is 20.3 Å². The number of amides is 1. The molecule has 0 radical (unpaired) electrons. The molecule has 2 rings (SSSR count). The quantitative estimate of drug-likeness (QED) is 0.836. The summed E-state index contributed by atoms with van der Waals surface area (Å²) in [6.07, 6.45) is 3.32. The first-order valence-corrected chi connectivity index (χ1v) is 7.21. The molecule has 1 fully saturated rings. The molecular formula is C16H23NO3. The number of aliphatic hydroxyl groups is 1. The highest BCUT2D eigenvalue weighted by molar-refractivity contribution is 5.94. The third kappa shape index (κ3) is 3.81. The van der Waals surface area contributed by atoms with Crippen LogP contribution in [-0.4, -0.2) is 31.3 Å². The predicted octanol–water partition coefficient (Wildman–Crippen LogP) is 1.97. The Labute approximate surface area is 120 Å².